The van der Waals surface area contributed by atoms with Gasteiger partial charge in [-0.15, -0.1) is 0 Å². The Morgan fingerprint density at radius 3 is 2.33 bits per heavy atom. The second kappa shape index (κ2) is 15.6. The van der Waals surface area contributed by atoms with Gasteiger partial charge in [0, 0.05) is 22.2 Å². The molecule has 0 radical (unpaired) electrons. The van der Waals surface area contributed by atoms with Gasteiger partial charge in [0.2, 0.25) is 11.0 Å². The van der Waals surface area contributed by atoms with E-state index in [4.69, 9.17) is 11.6 Å². The van der Waals surface area contributed by atoms with Gasteiger partial charge in [0.25, 0.3) is 0 Å². The summed E-state index contributed by atoms with van der Waals surface area (Å²) in [7, 11) is -8.96. The molecule has 1 atom stereocenters. The molecule has 1 aliphatic rings. The minimum absolute atomic E-state index is 0.0795. The first-order valence-corrected chi connectivity index (χ1v) is 20.0. The third-order valence-electron chi connectivity index (χ3n) is 7.65. The molecule has 4 aromatic rings. The number of halogens is 1. The molecule has 1 unspecified atom stereocenters. The Morgan fingerprint density at radius 1 is 0.978 bits per heavy atom. The van der Waals surface area contributed by atoms with Crippen LogP contribution in [0.4, 0.5) is 5.69 Å². The van der Waals surface area contributed by atoms with Crippen LogP contribution in [0.2, 0.25) is 5.02 Å². The van der Waals surface area contributed by atoms with Crippen molar-refractivity contribution in [3.8, 4) is 0 Å². The number of nitrogens with one attached hydrogen (secondary N) is 1. The van der Waals surface area contributed by atoms with E-state index in [0.717, 1.165) is 31.6 Å². The maximum absolute atomic E-state index is 11.9. The van der Waals surface area contributed by atoms with Gasteiger partial charge in [-0.2, -0.15) is 4.57 Å². The van der Waals surface area contributed by atoms with Crippen LogP contribution < -0.4 is 14.4 Å². The fourth-order valence-electron chi connectivity index (χ4n) is 5.38. The largest absolute Gasteiger partial charge is 0.748 e. The molecule has 1 aliphatic heterocycles. The van der Waals surface area contributed by atoms with Crippen molar-refractivity contribution < 1.29 is 35.4 Å². The zero-order valence-corrected chi connectivity index (χ0v) is 29.5. The highest BCUT2D eigenvalue weighted by Crippen LogP contribution is 2.47. The lowest BCUT2D eigenvalue weighted by Crippen LogP contribution is -3.11. The van der Waals surface area contributed by atoms with Crippen molar-refractivity contribution in [3.05, 3.63) is 76.2 Å². The quantitative estimate of drug-likeness (QED) is 0.169. The molecule has 1 aromatic heterocycles. The first kappa shape index (κ1) is 35.6. The van der Waals surface area contributed by atoms with Crippen molar-refractivity contribution in [3.63, 3.8) is 0 Å². The topological polar surface area (TPSA) is 126 Å². The molecule has 1 N–H and O–H groups in total. The molecule has 14 heteroatoms. The third kappa shape index (κ3) is 9.88. The zero-order valence-electron chi connectivity index (χ0n) is 25.4. The van der Waals surface area contributed by atoms with Crippen LogP contribution in [0.1, 0.15) is 27.2 Å². The molecular weight excluding hydrogens is 674 g/mol. The minimum Gasteiger partial charge on any atom is -0.748 e. The van der Waals surface area contributed by atoms with E-state index >= 15 is 0 Å². The maximum atomic E-state index is 11.9. The first-order valence-electron chi connectivity index (χ1n) is 14.8. The van der Waals surface area contributed by atoms with Crippen molar-refractivity contribution in [1.29, 1.82) is 0 Å². The van der Waals surface area contributed by atoms with Crippen LogP contribution >= 0.6 is 34.7 Å². The van der Waals surface area contributed by atoms with E-state index in [1.165, 1.54) is 42.7 Å². The Balaban J connectivity index is 0.000000591. The molecule has 2 heterocycles. The fraction of sp³-hybridized carbons (Fsp3) is 0.387. The monoisotopic (exact) mass is 711 g/mol. The van der Waals surface area contributed by atoms with Crippen molar-refractivity contribution in [1.82, 2.24) is 0 Å². The Morgan fingerprint density at radius 2 is 1.69 bits per heavy atom. The molecule has 0 aliphatic carbocycles. The van der Waals surface area contributed by atoms with Crippen LogP contribution in [-0.4, -0.2) is 63.6 Å². The van der Waals surface area contributed by atoms with Crippen LogP contribution in [0.15, 0.2) is 76.1 Å². The standard InChI is InChI=1S/C25H23ClN2O6S4.C6H15N/c26-19-7-9-22-21(13-19)28(10-3-11-37(29,30)31)24(36-22)12-17(15-38(32,33)34)14-27-16-35-23-8-6-18-4-1-2-5-20(18)25(23)27;1-4-7(5-2)6-3/h1-2,4-9,12-13,16-17H,3,10-11,14-15H2,(H-,29,30,31,32,33,34);4-6H2,1-3H3. The average molecular weight is 712 g/mol. The summed E-state index contributed by atoms with van der Waals surface area (Å²) < 4.78 is 72.3. The maximum Gasteiger partial charge on any atom is 0.231 e. The number of aromatic nitrogens is 1. The van der Waals surface area contributed by atoms with E-state index in [2.05, 4.69) is 20.8 Å². The molecule has 0 fully saturated rings. The number of anilines is 1. The molecular formula is C31H38ClN3O6S4. The van der Waals surface area contributed by atoms with Crippen molar-refractivity contribution in [2.24, 2.45) is 5.92 Å². The molecule has 0 saturated carbocycles. The van der Waals surface area contributed by atoms with Gasteiger partial charge < -0.3 is 18.9 Å². The predicted molar refractivity (Wildman–Crippen MR) is 182 cm³/mol. The number of thioether (sulfide) groups is 1. The number of fused-ring (bicyclic) bond motifs is 4. The van der Waals surface area contributed by atoms with E-state index in [0.29, 0.717) is 10.1 Å². The zero-order chi connectivity index (χ0) is 32.8. The summed E-state index contributed by atoms with van der Waals surface area (Å²) in [5, 5.41) is 3.22. The van der Waals surface area contributed by atoms with E-state index < -0.39 is 37.7 Å². The number of thiazole rings is 1. The second-order valence-corrected chi connectivity index (χ2v) is 16.1. The van der Waals surface area contributed by atoms with Crippen LogP contribution in [0, 0.1) is 5.92 Å². The molecule has 45 heavy (non-hydrogen) atoms. The molecule has 5 rings (SSSR count). The smallest absolute Gasteiger partial charge is 0.231 e. The molecule has 0 spiro atoms. The van der Waals surface area contributed by atoms with Gasteiger partial charge in [-0.25, -0.2) is 16.8 Å². The number of rotatable bonds is 12. The van der Waals surface area contributed by atoms with Gasteiger partial charge in [-0.05, 0) is 69.0 Å². The normalized spacial score (nSPS) is 15.1. The lowest BCUT2D eigenvalue weighted by atomic mass is 10.1. The summed E-state index contributed by atoms with van der Waals surface area (Å²) in [6.45, 7) is 10.9. The molecule has 3 aromatic carbocycles. The number of hydrogen-bond donors (Lipinski definition) is 1. The average Bonchev–Trinajstić information content (AvgIpc) is 3.53. The molecule has 0 bridgehead atoms. The number of benzene rings is 3. The van der Waals surface area contributed by atoms with E-state index in [-0.39, 0.29) is 19.5 Å². The Hall–Kier alpha value is -2.23. The highest BCUT2D eigenvalue weighted by molar-refractivity contribution is 8.03. The summed E-state index contributed by atoms with van der Waals surface area (Å²) >= 11 is 9.13. The number of allylic oxidation sites excluding steroid dienone is 1. The highest BCUT2D eigenvalue weighted by Gasteiger charge is 2.28. The van der Waals surface area contributed by atoms with Crippen LogP contribution in [0.25, 0.3) is 21.0 Å². The van der Waals surface area contributed by atoms with E-state index in [1.54, 1.807) is 23.1 Å². The summed E-state index contributed by atoms with van der Waals surface area (Å²) in [5.74, 6) is -1.80. The van der Waals surface area contributed by atoms with Crippen LogP contribution in [-0.2, 0) is 26.8 Å². The number of hydrogen-bond acceptors (Lipinski definition) is 9. The fourth-order valence-corrected chi connectivity index (χ4v) is 8.87. The van der Waals surface area contributed by atoms with Gasteiger partial charge in [-0.1, -0.05) is 59.0 Å². The minimum atomic E-state index is -4.57. The summed E-state index contributed by atoms with van der Waals surface area (Å²) in [6.07, 6.45) is 1.83. The third-order valence-corrected chi connectivity index (χ3v) is 11.6. The van der Waals surface area contributed by atoms with Gasteiger partial charge in [0.1, 0.15) is 4.70 Å². The Kier molecular flexibility index (Phi) is 12.3. The van der Waals surface area contributed by atoms with Crippen molar-refractivity contribution in [2.75, 3.05) is 42.6 Å². The van der Waals surface area contributed by atoms with Gasteiger partial charge in [0.05, 0.1) is 67.6 Å². The summed E-state index contributed by atoms with van der Waals surface area (Å²) in [4.78, 5) is 4.36. The SMILES string of the molecule is CC[NH+](CC)CC.O=S(=O)([O-])CCCN1C(=CC(C[n+]2csc3ccc4ccccc4c32)CS(=O)(=O)[O-])Sc2ccc(Cl)cc21. The second-order valence-electron chi connectivity index (χ2n) is 10.8. The summed E-state index contributed by atoms with van der Waals surface area (Å²) in [6, 6.07) is 17.3. The lowest BCUT2D eigenvalue weighted by molar-refractivity contribution is -0.894. The first-order chi connectivity index (χ1) is 21.3. The lowest BCUT2D eigenvalue weighted by Gasteiger charge is -2.22. The van der Waals surface area contributed by atoms with E-state index in [1.807, 2.05) is 57.4 Å². The predicted octanol–water partition coefficient (Wildman–Crippen LogP) is 4.48. The molecule has 9 nitrogen and oxygen atoms in total. The molecule has 0 saturated heterocycles. The highest BCUT2D eigenvalue weighted by atomic mass is 35.5. The molecule has 0 amide bonds. The van der Waals surface area contributed by atoms with Crippen molar-refractivity contribution in [2.45, 2.75) is 38.6 Å². The number of nitrogens with zero attached hydrogens (tertiary/aromatic N) is 2. The van der Waals surface area contributed by atoms with Crippen LogP contribution in [0.5, 0.6) is 0 Å². The Bertz CT molecular complexity index is 1870. The van der Waals surface area contributed by atoms with Crippen LogP contribution in [0.3, 0.4) is 0 Å². The number of quaternary nitrogens is 1. The van der Waals surface area contributed by atoms with Gasteiger partial charge in [0.15, 0.2) is 6.54 Å². The molecule has 244 valence electrons. The van der Waals surface area contributed by atoms with E-state index in [9.17, 15) is 25.9 Å². The summed E-state index contributed by atoms with van der Waals surface area (Å²) in [5.41, 5.74) is 3.62. The van der Waals surface area contributed by atoms with Gasteiger partial charge >= 0.3 is 0 Å². The Labute approximate surface area is 279 Å². The van der Waals surface area contributed by atoms with Gasteiger partial charge in [-0.3, -0.25) is 0 Å². The van der Waals surface area contributed by atoms with Crippen molar-refractivity contribution >= 4 is 81.6 Å².